The number of rotatable bonds is 6. The maximum atomic E-state index is 12.4. The molecule has 1 saturated carbocycles. The first kappa shape index (κ1) is 17.9. The van der Waals surface area contributed by atoms with E-state index in [0.29, 0.717) is 13.2 Å². The van der Waals surface area contributed by atoms with Gasteiger partial charge in [-0.05, 0) is 50.3 Å². The van der Waals surface area contributed by atoms with Gasteiger partial charge in [-0.15, -0.1) is 0 Å². The van der Waals surface area contributed by atoms with Gasteiger partial charge in [0.2, 0.25) is 5.91 Å². The number of fused-ring (bicyclic) bond motifs is 1. The van der Waals surface area contributed by atoms with Crippen molar-refractivity contribution in [3.63, 3.8) is 0 Å². The molecule has 25 heavy (non-hydrogen) atoms. The van der Waals surface area contributed by atoms with E-state index in [1.807, 2.05) is 25.1 Å². The van der Waals surface area contributed by atoms with Crippen molar-refractivity contribution in [1.82, 2.24) is 0 Å². The SMILES string of the molecule is CCOC1CC(C(=O)Nc2ccc3c(c2)N(C(=O)COC)CCC3)C1. The van der Waals surface area contributed by atoms with Crippen LogP contribution in [0, 0.1) is 5.92 Å². The number of anilines is 2. The molecule has 2 aliphatic rings. The lowest BCUT2D eigenvalue weighted by atomic mass is 9.81. The average molecular weight is 346 g/mol. The molecule has 6 nitrogen and oxygen atoms in total. The molecule has 1 heterocycles. The van der Waals surface area contributed by atoms with Gasteiger partial charge in [-0.1, -0.05) is 6.07 Å². The minimum absolute atomic E-state index is 0.0128. The van der Waals surface area contributed by atoms with E-state index in [1.165, 1.54) is 7.11 Å². The summed E-state index contributed by atoms with van der Waals surface area (Å²) >= 11 is 0. The van der Waals surface area contributed by atoms with Gasteiger partial charge >= 0.3 is 0 Å². The Hall–Kier alpha value is -1.92. The van der Waals surface area contributed by atoms with Crippen molar-refractivity contribution in [3.8, 4) is 0 Å². The van der Waals surface area contributed by atoms with Crippen LogP contribution in [0.15, 0.2) is 18.2 Å². The van der Waals surface area contributed by atoms with Crippen LogP contribution in [-0.4, -0.2) is 44.8 Å². The first-order valence-corrected chi connectivity index (χ1v) is 8.97. The molecule has 1 aromatic rings. The number of hydrogen-bond donors (Lipinski definition) is 1. The van der Waals surface area contributed by atoms with Gasteiger partial charge in [0.25, 0.3) is 5.91 Å². The molecule has 0 saturated heterocycles. The van der Waals surface area contributed by atoms with Gasteiger partial charge < -0.3 is 19.7 Å². The molecule has 0 spiro atoms. The maximum Gasteiger partial charge on any atom is 0.252 e. The summed E-state index contributed by atoms with van der Waals surface area (Å²) in [6.07, 6.45) is 3.66. The third kappa shape index (κ3) is 4.02. The molecule has 0 aromatic heterocycles. The third-order valence-corrected chi connectivity index (χ3v) is 4.91. The van der Waals surface area contributed by atoms with E-state index in [0.717, 1.165) is 42.6 Å². The van der Waals surface area contributed by atoms with Gasteiger partial charge in [-0.25, -0.2) is 0 Å². The predicted octanol–water partition coefficient (Wildman–Crippen LogP) is 2.37. The highest BCUT2D eigenvalue weighted by Crippen LogP contribution is 2.33. The molecule has 0 bridgehead atoms. The second-order valence-corrected chi connectivity index (χ2v) is 6.66. The summed E-state index contributed by atoms with van der Waals surface area (Å²) in [7, 11) is 1.52. The van der Waals surface area contributed by atoms with Crippen LogP contribution in [0.2, 0.25) is 0 Å². The summed E-state index contributed by atoms with van der Waals surface area (Å²) in [6, 6.07) is 5.82. The van der Waals surface area contributed by atoms with Crippen molar-refractivity contribution in [2.75, 3.05) is 37.1 Å². The normalized spacial score (nSPS) is 22.1. The standard InChI is InChI=1S/C19H26N2O4/c1-3-25-16-9-14(10-16)19(23)20-15-7-6-13-5-4-8-21(17(13)11-15)18(22)12-24-2/h6-7,11,14,16H,3-5,8-10,12H2,1-2H3,(H,20,23). The molecule has 1 aliphatic heterocycles. The van der Waals surface area contributed by atoms with Crippen molar-refractivity contribution >= 4 is 23.2 Å². The summed E-state index contributed by atoms with van der Waals surface area (Å²) in [5, 5.41) is 2.98. The monoisotopic (exact) mass is 346 g/mol. The number of hydrogen-bond acceptors (Lipinski definition) is 4. The van der Waals surface area contributed by atoms with Crippen LogP contribution >= 0.6 is 0 Å². The molecule has 1 fully saturated rings. The minimum atomic E-state index is -0.0505. The minimum Gasteiger partial charge on any atom is -0.378 e. The topological polar surface area (TPSA) is 67.9 Å². The number of aryl methyl sites for hydroxylation is 1. The van der Waals surface area contributed by atoms with Gasteiger partial charge in [-0.2, -0.15) is 0 Å². The molecule has 6 heteroatoms. The Kier molecular flexibility index (Phi) is 5.71. The predicted molar refractivity (Wildman–Crippen MR) is 95.8 cm³/mol. The van der Waals surface area contributed by atoms with Crippen LogP contribution in [-0.2, 0) is 25.5 Å². The van der Waals surface area contributed by atoms with Crippen molar-refractivity contribution in [2.45, 2.75) is 38.7 Å². The number of ether oxygens (including phenoxy) is 2. The molecular formula is C19H26N2O4. The number of carbonyl (C=O) groups is 2. The fourth-order valence-corrected chi connectivity index (χ4v) is 3.51. The van der Waals surface area contributed by atoms with E-state index in [1.54, 1.807) is 4.90 Å². The highest BCUT2D eigenvalue weighted by Gasteiger charge is 2.35. The largest absolute Gasteiger partial charge is 0.378 e. The van der Waals surface area contributed by atoms with E-state index < -0.39 is 0 Å². The highest BCUT2D eigenvalue weighted by molar-refractivity contribution is 5.98. The number of nitrogens with zero attached hydrogens (tertiary/aromatic N) is 1. The second-order valence-electron chi connectivity index (χ2n) is 6.66. The van der Waals surface area contributed by atoms with Crippen molar-refractivity contribution < 1.29 is 19.1 Å². The maximum absolute atomic E-state index is 12.4. The molecule has 1 aliphatic carbocycles. The average Bonchev–Trinajstić information content (AvgIpc) is 2.57. The van der Waals surface area contributed by atoms with E-state index in [-0.39, 0.29) is 30.4 Å². The summed E-state index contributed by atoms with van der Waals surface area (Å²) in [5.74, 6) is -0.00855. The Morgan fingerprint density at radius 2 is 2.12 bits per heavy atom. The zero-order valence-electron chi connectivity index (χ0n) is 14.9. The van der Waals surface area contributed by atoms with E-state index in [2.05, 4.69) is 5.32 Å². The number of carbonyl (C=O) groups excluding carboxylic acids is 2. The Bertz CT molecular complexity index is 640. The smallest absolute Gasteiger partial charge is 0.252 e. The van der Waals surface area contributed by atoms with Crippen molar-refractivity contribution in [2.24, 2.45) is 5.92 Å². The zero-order chi connectivity index (χ0) is 17.8. The van der Waals surface area contributed by atoms with Gasteiger partial charge in [0, 0.05) is 37.6 Å². The number of nitrogens with one attached hydrogen (secondary N) is 1. The lowest BCUT2D eigenvalue weighted by Crippen LogP contribution is -2.39. The van der Waals surface area contributed by atoms with E-state index in [4.69, 9.17) is 9.47 Å². The van der Waals surface area contributed by atoms with E-state index >= 15 is 0 Å². The van der Waals surface area contributed by atoms with Gasteiger partial charge in [0.15, 0.2) is 0 Å². The third-order valence-electron chi connectivity index (χ3n) is 4.91. The first-order valence-electron chi connectivity index (χ1n) is 8.97. The first-order chi connectivity index (χ1) is 12.1. The van der Waals surface area contributed by atoms with Crippen LogP contribution in [0.3, 0.4) is 0 Å². The summed E-state index contributed by atoms with van der Waals surface area (Å²) < 4.78 is 10.5. The van der Waals surface area contributed by atoms with Gasteiger partial charge in [-0.3, -0.25) is 9.59 Å². The molecule has 0 radical (unpaired) electrons. The molecule has 1 N–H and O–H groups in total. The van der Waals surface area contributed by atoms with Crippen LogP contribution in [0.25, 0.3) is 0 Å². The molecule has 1 aromatic carbocycles. The molecular weight excluding hydrogens is 320 g/mol. The van der Waals surface area contributed by atoms with E-state index in [9.17, 15) is 9.59 Å². The zero-order valence-corrected chi connectivity index (χ0v) is 14.9. The number of methoxy groups -OCH3 is 1. The quantitative estimate of drug-likeness (QED) is 0.859. The van der Waals surface area contributed by atoms with Crippen LogP contribution in [0.4, 0.5) is 11.4 Å². The number of benzene rings is 1. The Morgan fingerprint density at radius 3 is 2.84 bits per heavy atom. The Morgan fingerprint density at radius 1 is 1.32 bits per heavy atom. The Balaban J connectivity index is 1.67. The summed E-state index contributed by atoms with van der Waals surface area (Å²) in [4.78, 5) is 26.4. The molecule has 0 atom stereocenters. The second kappa shape index (κ2) is 7.97. The fraction of sp³-hybridized carbons (Fsp3) is 0.579. The summed E-state index contributed by atoms with van der Waals surface area (Å²) in [5.41, 5.74) is 2.75. The highest BCUT2D eigenvalue weighted by atomic mass is 16.5. The lowest BCUT2D eigenvalue weighted by molar-refractivity contribution is -0.128. The summed E-state index contributed by atoms with van der Waals surface area (Å²) in [6.45, 7) is 3.41. The van der Waals surface area contributed by atoms with Crippen LogP contribution in [0.1, 0.15) is 31.7 Å². The van der Waals surface area contributed by atoms with Crippen LogP contribution in [0.5, 0.6) is 0 Å². The molecule has 136 valence electrons. The lowest BCUT2D eigenvalue weighted by Gasteiger charge is -2.34. The molecule has 2 amide bonds. The van der Waals surface area contributed by atoms with Crippen LogP contribution < -0.4 is 10.2 Å². The fourth-order valence-electron chi connectivity index (χ4n) is 3.51. The van der Waals surface area contributed by atoms with Gasteiger partial charge in [0.05, 0.1) is 6.10 Å². The Labute approximate surface area is 148 Å². The van der Waals surface area contributed by atoms with Gasteiger partial charge in [0.1, 0.15) is 6.61 Å². The number of amides is 2. The van der Waals surface area contributed by atoms with Crippen molar-refractivity contribution in [1.29, 1.82) is 0 Å². The van der Waals surface area contributed by atoms with Crippen molar-refractivity contribution in [3.05, 3.63) is 23.8 Å². The molecule has 3 rings (SSSR count). The molecule has 0 unspecified atom stereocenters.